The van der Waals surface area contributed by atoms with E-state index in [1.807, 2.05) is 0 Å². The lowest BCUT2D eigenvalue weighted by Gasteiger charge is -2.42. The highest BCUT2D eigenvalue weighted by Gasteiger charge is 2.50. The molecule has 168 valence electrons. The molecule has 0 saturated heterocycles. The largest absolute Gasteiger partial charge is 0.469 e. The number of aromatic nitrogens is 1. The van der Waals surface area contributed by atoms with Crippen LogP contribution in [0.15, 0.2) is 24.3 Å². The standard InChI is InChI=1S/C22H28ClN3O5/c1-21(2,3)31-20(29)22(24)8-7-12(19(28)30-4)11-17(22)26-18(27)16-10-13-9-14(23)5-6-15(13)25-16/h5-6,9-10,12,17,25H,7-8,11,24H2,1-4H3,(H,26,27). The predicted octanol–water partition coefficient (Wildman–Crippen LogP) is 2.93. The second kappa shape index (κ2) is 8.51. The van der Waals surface area contributed by atoms with Crippen molar-refractivity contribution >= 4 is 40.3 Å². The molecule has 4 N–H and O–H groups in total. The number of rotatable bonds is 4. The number of hydrogen-bond donors (Lipinski definition) is 3. The number of carbonyl (C=O) groups excluding carboxylic acids is 3. The Hall–Kier alpha value is -2.58. The van der Waals surface area contributed by atoms with Crippen molar-refractivity contribution in [2.75, 3.05) is 7.11 Å². The number of nitrogens with one attached hydrogen (secondary N) is 2. The van der Waals surface area contributed by atoms with Gasteiger partial charge in [0.15, 0.2) is 0 Å². The summed E-state index contributed by atoms with van der Waals surface area (Å²) >= 11 is 6.02. The molecule has 1 aromatic carbocycles. The second-order valence-corrected chi connectivity index (χ2v) is 9.41. The maximum absolute atomic E-state index is 13.0. The topological polar surface area (TPSA) is 124 Å². The molecule has 1 heterocycles. The van der Waals surface area contributed by atoms with E-state index in [0.29, 0.717) is 17.1 Å². The lowest BCUT2D eigenvalue weighted by atomic mass is 9.73. The fourth-order valence-electron chi connectivity index (χ4n) is 3.85. The summed E-state index contributed by atoms with van der Waals surface area (Å²) in [5.41, 5.74) is 5.34. The highest BCUT2D eigenvalue weighted by Crippen LogP contribution is 2.34. The van der Waals surface area contributed by atoms with Gasteiger partial charge < -0.3 is 25.5 Å². The van der Waals surface area contributed by atoms with Crippen LogP contribution in [-0.2, 0) is 19.1 Å². The third-order valence-corrected chi connectivity index (χ3v) is 5.73. The number of halogens is 1. The number of fused-ring (bicyclic) bond motifs is 1. The summed E-state index contributed by atoms with van der Waals surface area (Å²) in [5, 5.41) is 4.17. The van der Waals surface area contributed by atoms with Crippen LogP contribution in [0.3, 0.4) is 0 Å². The molecule has 3 unspecified atom stereocenters. The van der Waals surface area contributed by atoms with Gasteiger partial charge in [-0.3, -0.25) is 9.59 Å². The van der Waals surface area contributed by atoms with Gasteiger partial charge in [-0.1, -0.05) is 11.6 Å². The van der Waals surface area contributed by atoms with Gasteiger partial charge in [-0.2, -0.15) is 0 Å². The molecule has 8 nitrogen and oxygen atoms in total. The lowest BCUT2D eigenvalue weighted by Crippen LogP contribution is -2.67. The average Bonchev–Trinajstić information content (AvgIpc) is 3.11. The van der Waals surface area contributed by atoms with Crippen LogP contribution >= 0.6 is 11.6 Å². The summed E-state index contributed by atoms with van der Waals surface area (Å²) in [4.78, 5) is 41.1. The minimum absolute atomic E-state index is 0.167. The molecule has 0 spiro atoms. The lowest BCUT2D eigenvalue weighted by molar-refractivity contribution is -0.166. The Labute approximate surface area is 185 Å². The van der Waals surface area contributed by atoms with E-state index in [0.717, 1.165) is 10.9 Å². The zero-order chi connectivity index (χ0) is 23.0. The molecule has 0 aliphatic heterocycles. The molecular formula is C22H28ClN3O5. The molecule has 3 rings (SSSR count). The van der Waals surface area contributed by atoms with Crippen LogP contribution in [0.25, 0.3) is 10.9 Å². The van der Waals surface area contributed by atoms with Crippen LogP contribution in [0, 0.1) is 5.92 Å². The van der Waals surface area contributed by atoms with Gasteiger partial charge >= 0.3 is 11.9 Å². The molecule has 1 aliphatic rings. The van der Waals surface area contributed by atoms with Gasteiger partial charge in [0.1, 0.15) is 16.8 Å². The van der Waals surface area contributed by atoms with Crippen molar-refractivity contribution in [3.05, 3.63) is 35.0 Å². The van der Waals surface area contributed by atoms with Crippen molar-refractivity contribution in [1.29, 1.82) is 0 Å². The molecule has 0 radical (unpaired) electrons. The van der Waals surface area contributed by atoms with E-state index in [2.05, 4.69) is 10.3 Å². The average molecular weight is 450 g/mol. The van der Waals surface area contributed by atoms with Crippen molar-refractivity contribution in [2.45, 2.75) is 57.2 Å². The predicted molar refractivity (Wildman–Crippen MR) is 117 cm³/mol. The van der Waals surface area contributed by atoms with E-state index in [1.54, 1.807) is 45.0 Å². The normalized spacial score (nSPS) is 23.9. The molecule has 0 bridgehead atoms. The summed E-state index contributed by atoms with van der Waals surface area (Å²) in [6, 6.07) is 6.09. The van der Waals surface area contributed by atoms with Crippen LogP contribution in [0.5, 0.6) is 0 Å². The summed E-state index contributed by atoms with van der Waals surface area (Å²) in [5.74, 6) is -1.93. The summed E-state index contributed by atoms with van der Waals surface area (Å²) in [6.45, 7) is 5.24. The molecule has 1 fully saturated rings. The quantitative estimate of drug-likeness (QED) is 0.616. The molecule has 3 atom stereocenters. The Bertz CT molecular complexity index is 1010. The van der Waals surface area contributed by atoms with Gasteiger partial charge in [0, 0.05) is 15.9 Å². The highest BCUT2D eigenvalue weighted by molar-refractivity contribution is 6.31. The number of carbonyl (C=O) groups is 3. The van der Waals surface area contributed by atoms with Gasteiger partial charge in [-0.25, -0.2) is 4.79 Å². The van der Waals surface area contributed by atoms with E-state index < -0.39 is 40.9 Å². The fraction of sp³-hybridized carbons (Fsp3) is 0.500. The fourth-order valence-corrected chi connectivity index (χ4v) is 4.03. The van der Waals surface area contributed by atoms with Crippen molar-refractivity contribution in [3.8, 4) is 0 Å². The molecule has 31 heavy (non-hydrogen) atoms. The molecule has 1 amide bonds. The molecule has 9 heteroatoms. The van der Waals surface area contributed by atoms with Gasteiger partial charge in [-0.05, 0) is 64.3 Å². The number of nitrogens with two attached hydrogens (primary N) is 1. The SMILES string of the molecule is COC(=O)C1CCC(N)(C(=O)OC(C)(C)C)C(NC(=O)c2cc3cc(Cl)ccc3[nH]2)C1. The maximum atomic E-state index is 13.0. The van der Waals surface area contributed by atoms with Crippen LogP contribution in [0.2, 0.25) is 5.02 Å². The molecule has 2 aromatic rings. The third kappa shape index (κ3) is 5.02. The van der Waals surface area contributed by atoms with Crippen molar-refractivity contribution < 1.29 is 23.9 Å². The Morgan fingerprint density at radius 2 is 1.97 bits per heavy atom. The summed E-state index contributed by atoms with van der Waals surface area (Å²) in [6.07, 6.45) is 0.703. The van der Waals surface area contributed by atoms with Gasteiger partial charge in [0.25, 0.3) is 5.91 Å². The third-order valence-electron chi connectivity index (χ3n) is 5.49. The van der Waals surface area contributed by atoms with Crippen LogP contribution in [0.1, 0.15) is 50.5 Å². The number of amides is 1. The number of methoxy groups -OCH3 is 1. The number of hydrogen-bond acceptors (Lipinski definition) is 6. The highest BCUT2D eigenvalue weighted by atomic mass is 35.5. The molecule has 1 aromatic heterocycles. The number of aromatic amines is 1. The van der Waals surface area contributed by atoms with Gasteiger partial charge in [0.2, 0.25) is 0 Å². The first-order valence-corrected chi connectivity index (χ1v) is 10.5. The zero-order valence-corrected chi connectivity index (χ0v) is 18.8. The van der Waals surface area contributed by atoms with Crippen LogP contribution in [0.4, 0.5) is 0 Å². The van der Waals surface area contributed by atoms with Crippen molar-refractivity contribution in [1.82, 2.24) is 10.3 Å². The number of ether oxygens (including phenoxy) is 2. The van der Waals surface area contributed by atoms with E-state index in [-0.39, 0.29) is 12.8 Å². The van der Waals surface area contributed by atoms with Gasteiger partial charge in [0.05, 0.1) is 19.1 Å². The summed E-state index contributed by atoms with van der Waals surface area (Å²) in [7, 11) is 1.31. The first-order chi connectivity index (χ1) is 14.4. The van der Waals surface area contributed by atoms with Crippen molar-refractivity contribution in [3.63, 3.8) is 0 Å². The van der Waals surface area contributed by atoms with Crippen molar-refractivity contribution in [2.24, 2.45) is 11.7 Å². The van der Waals surface area contributed by atoms with E-state index >= 15 is 0 Å². The Balaban J connectivity index is 1.87. The Morgan fingerprint density at radius 1 is 1.26 bits per heavy atom. The molecule has 1 aliphatic carbocycles. The smallest absolute Gasteiger partial charge is 0.328 e. The van der Waals surface area contributed by atoms with E-state index in [1.165, 1.54) is 7.11 Å². The van der Waals surface area contributed by atoms with Gasteiger partial charge in [-0.15, -0.1) is 0 Å². The number of esters is 2. The first-order valence-electron chi connectivity index (χ1n) is 10.1. The Morgan fingerprint density at radius 3 is 2.61 bits per heavy atom. The number of H-pyrrole nitrogens is 1. The number of benzene rings is 1. The summed E-state index contributed by atoms with van der Waals surface area (Å²) < 4.78 is 10.4. The minimum Gasteiger partial charge on any atom is -0.469 e. The van der Waals surface area contributed by atoms with Crippen LogP contribution in [-0.4, -0.2) is 47.1 Å². The van der Waals surface area contributed by atoms with E-state index in [9.17, 15) is 14.4 Å². The Kier molecular flexibility index (Phi) is 6.34. The zero-order valence-electron chi connectivity index (χ0n) is 18.1. The second-order valence-electron chi connectivity index (χ2n) is 8.98. The van der Waals surface area contributed by atoms with Crippen LogP contribution < -0.4 is 11.1 Å². The molecular weight excluding hydrogens is 422 g/mol. The maximum Gasteiger partial charge on any atom is 0.328 e. The minimum atomic E-state index is -1.47. The monoisotopic (exact) mass is 449 g/mol. The molecule has 1 saturated carbocycles. The first kappa shape index (κ1) is 23.1. The van der Waals surface area contributed by atoms with E-state index in [4.69, 9.17) is 26.8 Å².